The molecule has 0 unspecified atom stereocenters. The quantitative estimate of drug-likeness (QED) is 0.778. The van der Waals surface area contributed by atoms with Crippen molar-refractivity contribution < 1.29 is 9.90 Å². The highest BCUT2D eigenvalue weighted by atomic mass is 16.3. The van der Waals surface area contributed by atoms with Crippen molar-refractivity contribution in [3.63, 3.8) is 0 Å². The summed E-state index contributed by atoms with van der Waals surface area (Å²) in [5, 5.41) is 9.37. The van der Waals surface area contributed by atoms with E-state index in [1.807, 2.05) is 25.5 Å². The Hall–Kier alpha value is -1.97. The molecule has 4 nitrogen and oxygen atoms in total. The van der Waals surface area contributed by atoms with Gasteiger partial charge in [-0.1, -0.05) is 6.07 Å². The fraction of sp³-hybridized carbons (Fsp3) is 0.250. The van der Waals surface area contributed by atoms with Gasteiger partial charge >= 0.3 is 0 Å². The first-order chi connectivity index (χ1) is 7.69. The van der Waals surface area contributed by atoms with Gasteiger partial charge in [0.15, 0.2) is 6.29 Å². The third-order valence-corrected chi connectivity index (χ3v) is 2.54. The summed E-state index contributed by atoms with van der Waals surface area (Å²) in [7, 11) is 2.00. The average Bonchev–Trinajstić information content (AvgIpc) is 2.67. The van der Waals surface area contributed by atoms with Gasteiger partial charge in [-0.15, -0.1) is 0 Å². The van der Waals surface area contributed by atoms with Crippen molar-refractivity contribution in [2.75, 3.05) is 13.7 Å². The van der Waals surface area contributed by atoms with E-state index < -0.39 is 0 Å². The largest absolute Gasteiger partial charge is 0.507 e. The molecule has 1 aromatic rings. The van der Waals surface area contributed by atoms with E-state index in [1.54, 1.807) is 12.1 Å². The van der Waals surface area contributed by atoms with Crippen LogP contribution in [-0.4, -0.2) is 34.9 Å². The van der Waals surface area contributed by atoms with Gasteiger partial charge in [0.05, 0.1) is 12.2 Å². The Bertz CT molecular complexity index is 429. The maximum Gasteiger partial charge on any atom is 0.153 e. The molecule has 0 aromatic heterocycles. The molecule has 2 rings (SSSR count). The standard InChI is InChI=1S/C12H14N2O2/c1-13-4-5-14(9-13)7-10-2-3-12(16)11(6-10)8-15/h2-6,8,16H,7,9H2,1H3. The van der Waals surface area contributed by atoms with Crippen LogP contribution in [0.4, 0.5) is 0 Å². The predicted octanol–water partition coefficient (Wildman–Crippen LogP) is 1.38. The van der Waals surface area contributed by atoms with E-state index in [0.29, 0.717) is 11.8 Å². The van der Waals surface area contributed by atoms with Gasteiger partial charge in [-0.05, 0) is 17.7 Å². The molecule has 0 saturated heterocycles. The molecule has 0 saturated carbocycles. The van der Waals surface area contributed by atoms with E-state index in [-0.39, 0.29) is 5.75 Å². The van der Waals surface area contributed by atoms with Gasteiger partial charge in [-0.2, -0.15) is 0 Å². The van der Waals surface area contributed by atoms with E-state index >= 15 is 0 Å². The van der Waals surface area contributed by atoms with Gasteiger partial charge in [0.2, 0.25) is 0 Å². The van der Waals surface area contributed by atoms with E-state index in [0.717, 1.165) is 18.8 Å². The monoisotopic (exact) mass is 218 g/mol. The molecule has 4 heteroatoms. The highest BCUT2D eigenvalue weighted by Crippen LogP contribution is 2.18. The highest BCUT2D eigenvalue weighted by molar-refractivity contribution is 5.79. The SMILES string of the molecule is CN1C=CN(Cc2ccc(O)c(C=O)c2)C1. The molecule has 0 spiro atoms. The molecule has 1 N–H and O–H groups in total. The molecule has 0 amide bonds. The molecule has 1 heterocycles. The average molecular weight is 218 g/mol. The van der Waals surface area contributed by atoms with Gasteiger partial charge in [0.1, 0.15) is 5.75 Å². The van der Waals surface area contributed by atoms with Gasteiger partial charge in [-0.3, -0.25) is 4.79 Å². The summed E-state index contributed by atoms with van der Waals surface area (Å²) >= 11 is 0. The first-order valence-corrected chi connectivity index (χ1v) is 5.09. The minimum absolute atomic E-state index is 0.0350. The van der Waals surface area contributed by atoms with E-state index in [1.165, 1.54) is 0 Å². The summed E-state index contributed by atoms with van der Waals surface area (Å²) in [6.07, 6.45) is 4.68. The molecule has 0 aliphatic carbocycles. The minimum atomic E-state index is 0.0350. The van der Waals surface area contributed by atoms with Crippen LogP contribution in [0, 0.1) is 0 Å². The number of nitrogens with zero attached hydrogens (tertiary/aromatic N) is 2. The summed E-state index contributed by atoms with van der Waals surface area (Å²) in [6.45, 7) is 1.58. The van der Waals surface area contributed by atoms with Crippen LogP contribution >= 0.6 is 0 Å². The lowest BCUT2D eigenvalue weighted by molar-refractivity contribution is 0.112. The number of carbonyl (C=O) groups excluding carboxylic acids is 1. The Kier molecular flexibility index (Phi) is 2.81. The highest BCUT2D eigenvalue weighted by Gasteiger charge is 2.09. The Labute approximate surface area is 94.4 Å². The topological polar surface area (TPSA) is 43.8 Å². The summed E-state index contributed by atoms with van der Waals surface area (Å²) in [5.41, 5.74) is 1.36. The second-order valence-electron chi connectivity index (χ2n) is 3.95. The molecule has 0 bridgehead atoms. The van der Waals surface area contributed by atoms with Crippen LogP contribution in [0.1, 0.15) is 15.9 Å². The molecule has 1 aliphatic heterocycles. The van der Waals surface area contributed by atoms with E-state index in [9.17, 15) is 9.90 Å². The molecule has 84 valence electrons. The van der Waals surface area contributed by atoms with E-state index in [2.05, 4.69) is 9.80 Å². The molecule has 16 heavy (non-hydrogen) atoms. The molecular weight excluding hydrogens is 204 g/mol. The van der Waals surface area contributed by atoms with Crippen LogP contribution in [0.25, 0.3) is 0 Å². The lowest BCUT2D eigenvalue weighted by Crippen LogP contribution is -2.21. The smallest absolute Gasteiger partial charge is 0.153 e. The number of hydrogen-bond donors (Lipinski definition) is 1. The van der Waals surface area contributed by atoms with Crippen molar-refractivity contribution in [2.24, 2.45) is 0 Å². The predicted molar refractivity (Wildman–Crippen MR) is 60.8 cm³/mol. The number of hydrogen-bond acceptors (Lipinski definition) is 4. The maximum atomic E-state index is 10.7. The van der Waals surface area contributed by atoms with Crippen LogP contribution in [0.3, 0.4) is 0 Å². The van der Waals surface area contributed by atoms with Crippen LogP contribution < -0.4 is 0 Å². The Balaban J connectivity index is 2.10. The zero-order chi connectivity index (χ0) is 11.5. The number of phenolic OH excluding ortho intramolecular Hbond substituents is 1. The molecule has 0 radical (unpaired) electrons. The maximum absolute atomic E-state index is 10.7. The molecule has 1 aromatic carbocycles. The molecule has 0 atom stereocenters. The number of aldehydes is 1. The van der Waals surface area contributed by atoms with Crippen molar-refractivity contribution in [3.8, 4) is 5.75 Å². The normalized spacial score (nSPS) is 14.6. The summed E-state index contributed by atoms with van der Waals surface area (Å²) < 4.78 is 0. The second kappa shape index (κ2) is 4.26. The van der Waals surface area contributed by atoms with Crippen LogP contribution in [0.2, 0.25) is 0 Å². The van der Waals surface area contributed by atoms with Crippen molar-refractivity contribution in [2.45, 2.75) is 6.54 Å². The van der Waals surface area contributed by atoms with Crippen LogP contribution in [0.15, 0.2) is 30.6 Å². The second-order valence-corrected chi connectivity index (χ2v) is 3.95. The number of carbonyl (C=O) groups is 1. The summed E-state index contributed by atoms with van der Waals surface area (Å²) in [5.74, 6) is 0.0350. The molecule has 1 aliphatic rings. The van der Waals surface area contributed by atoms with Crippen molar-refractivity contribution in [1.82, 2.24) is 9.80 Å². The zero-order valence-electron chi connectivity index (χ0n) is 9.13. The Morgan fingerprint density at radius 2 is 2.25 bits per heavy atom. The van der Waals surface area contributed by atoms with Crippen LogP contribution in [-0.2, 0) is 6.54 Å². The fourth-order valence-corrected chi connectivity index (χ4v) is 1.72. The summed E-state index contributed by atoms with van der Waals surface area (Å²) in [4.78, 5) is 14.9. The Morgan fingerprint density at radius 3 is 2.88 bits per heavy atom. The Morgan fingerprint density at radius 1 is 1.44 bits per heavy atom. The van der Waals surface area contributed by atoms with Crippen molar-refractivity contribution in [1.29, 1.82) is 0 Å². The van der Waals surface area contributed by atoms with Gasteiger partial charge < -0.3 is 14.9 Å². The van der Waals surface area contributed by atoms with Gasteiger partial charge in [-0.25, -0.2) is 0 Å². The lowest BCUT2D eigenvalue weighted by Gasteiger charge is -2.18. The molecular formula is C12H14N2O2. The summed E-state index contributed by atoms with van der Waals surface area (Å²) in [6, 6.07) is 5.10. The van der Waals surface area contributed by atoms with Crippen molar-refractivity contribution in [3.05, 3.63) is 41.7 Å². The third-order valence-electron chi connectivity index (χ3n) is 2.54. The van der Waals surface area contributed by atoms with E-state index in [4.69, 9.17) is 0 Å². The zero-order valence-corrected chi connectivity index (χ0v) is 9.13. The number of phenols is 1. The van der Waals surface area contributed by atoms with Gasteiger partial charge in [0.25, 0.3) is 0 Å². The lowest BCUT2D eigenvalue weighted by atomic mass is 10.1. The minimum Gasteiger partial charge on any atom is -0.507 e. The van der Waals surface area contributed by atoms with Crippen LogP contribution in [0.5, 0.6) is 5.75 Å². The third kappa shape index (κ3) is 2.16. The fourth-order valence-electron chi connectivity index (χ4n) is 1.72. The van der Waals surface area contributed by atoms with Crippen molar-refractivity contribution >= 4 is 6.29 Å². The number of rotatable bonds is 3. The first kappa shape index (κ1) is 10.5. The number of benzene rings is 1. The first-order valence-electron chi connectivity index (χ1n) is 5.09. The van der Waals surface area contributed by atoms with Gasteiger partial charge in [0, 0.05) is 26.0 Å². The number of aromatic hydroxyl groups is 1. The molecule has 0 fully saturated rings.